The van der Waals surface area contributed by atoms with Gasteiger partial charge in [-0.2, -0.15) is 4.37 Å². The van der Waals surface area contributed by atoms with Crippen molar-refractivity contribution in [3.63, 3.8) is 0 Å². The second kappa shape index (κ2) is 5.78. The molecule has 0 spiro atoms. The summed E-state index contributed by atoms with van der Waals surface area (Å²) in [5.74, 6) is -0.329. The third-order valence-electron chi connectivity index (χ3n) is 1.78. The van der Waals surface area contributed by atoms with Gasteiger partial charge in [-0.25, -0.2) is 4.99 Å². The van der Waals surface area contributed by atoms with Crippen LogP contribution in [0.15, 0.2) is 27.7 Å². The first kappa shape index (κ1) is 14.8. The van der Waals surface area contributed by atoms with Crippen molar-refractivity contribution >= 4 is 54.1 Å². The van der Waals surface area contributed by atoms with Gasteiger partial charge >= 0.3 is 6.36 Å². The minimum Gasteiger partial charge on any atom is -0.405 e. The predicted molar refractivity (Wildman–Crippen MR) is 71.0 cm³/mol. The van der Waals surface area contributed by atoms with Gasteiger partial charge < -0.3 is 4.74 Å². The summed E-state index contributed by atoms with van der Waals surface area (Å²) in [5, 5.41) is 0.266. The molecule has 0 N–H and O–H groups in total. The normalized spacial score (nSPS) is 12.8. The van der Waals surface area contributed by atoms with Crippen LogP contribution in [0.1, 0.15) is 0 Å². The zero-order valence-electron chi connectivity index (χ0n) is 8.74. The topological polar surface area (TPSA) is 34.5 Å². The molecule has 102 valence electrons. The van der Waals surface area contributed by atoms with Gasteiger partial charge in [0.1, 0.15) is 5.75 Å². The fourth-order valence-corrected chi connectivity index (χ4v) is 3.55. The first-order chi connectivity index (χ1) is 8.85. The Morgan fingerprint density at radius 1 is 1.37 bits per heavy atom. The van der Waals surface area contributed by atoms with Crippen LogP contribution >= 0.6 is 48.4 Å². The number of hydrogen-bond acceptors (Lipinski definition) is 5. The Morgan fingerprint density at radius 3 is 2.63 bits per heavy atom. The first-order valence-corrected chi connectivity index (χ1v) is 7.84. The van der Waals surface area contributed by atoms with Crippen molar-refractivity contribution in [1.82, 2.24) is 4.37 Å². The lowest BCUT2D eigenvalue weighted by atomic mass is 10.3. The Bertz CT molecular complexity index is 655. The molecule has 0 saturated carbocycles. The van der Waals surface area contributed by atoms with E-state index in [4.69, 9.17) is 11.6 Å². The van der Waals surface area contributed by atoms with E-state index in [0.717, 1.165) is 0 Å². The van der Waals surface area contributed by atoms with E-state index in [2.05, 4.69) is 30.0 Å². The fourth-order valence-electron chi connectivity index (χ4n) is 1.11. The standard InChI is InChI=1S/C9H3BrClF3N2OS2/c10-5-3-4(15-8-7(11)16-19-18-8)1-2-6(5)17-9(12,13)14/h1-3H. The van der Waals surface area contributed by atoms with Crippen molar-refractivity contribution < 1.29 is 17.9 Å². The molecule has 10 heteroatoms. The van der Waals surface area contributed by atoms with Gasteiger partial charge in [-0.3, -0.25) is 0 Å². The van der Waals surface area contributed by atoms with Gasteiger partial charge in [0.05, 0.1) is 10.2 Å². The van der Waals surface area contributed by atoms with Crippen molar-refractivity contribution in [3.8, 4) is 5.75 Å². The second-order valence-electron chi connectivity index (χ2n) is 3.12. The molecule has 0 atom stereocenters. The summed E-state index contributed by atoms with van der Waals surface area (Å²) in [6, 6.07) is 3.98. The number of alkyl halides is 3. The molecule has 0 bridgehead atoms. The van der Waals surface area contributed by atoms with E-state index >= 15 is 0 Å². The maximum atomic E-state index is 12.1. The molecular formula is C9H3BrClF3N2OS2. The van der Waals surface area contributed by atoms with E-state index in [-0.39, 0.29) is 15.4 Å². The summed E-state index contributed by atoms with van der Waals surface area (Å²) in [6.07, 6.45) is -4.73. The fraction of sp³-hybridized carbons (Fsp3) is 0.111. The lowest BCUT2D eigenvalue weighted by Crippen LogP contribution is -2.17. The lowest BCUT2D eigenvalue weighted by molar-refractivity contribution is -0.274. The third-order valence-corrected chi connectivity index (χ3v) is 4.57. The summed E-state index contributed by atoms with van der Waals surface area (Å²) >= 11 is 8.77. The zero-order valence-corrected chi connectivity index (χ0v) is 12.7. The van der Waals surface area contributed by atoms with E-state index in [0.29, 0.717) is 10.4 Å². The molecule has 19 heavy (non-hydrogen) atoms. The Labute approximate surface area is 126 Å². The van der Waals surface area contributed by atoms with Crippen LogP contribution in [0.3, 0.4) is 0 Å². The largest absolute Gasteiger partial charge is 0.573 e. The van der Waals surface area contributed by atoms with Gasteiger partial charge in [0.2, 0.25) is 0 Å². The number of aromatic nitrogens is 1. The van der Waals surface area contributed by atoms with Crippen molar-refractivity contribution in [3.05, 3.63) is 32.5 Å². The summed E-state index contributed by atoms with van der Waals surface area (Å²) in [4.78, 5) is 4.17. The van der Waals surface area contributed by atoms with E-state index < -0.39 is 6.36 Å². The van der Waals surface area contributed by atoms with Gasteiger partial charge in [-0.05, 0) is 44.5 Å². The Morgan fingerprint density at radius 2 is 2.11 bits per heavy atom. The summed E-state index contributed by atoms with van der Waals surface area (Å²) in [7, 11) is 2.45. The van der Waals surface area contributed by atoms with Gasteiger partial charge in [-0.1, -0.05) is 11.6 Å². The minimum atomic E-state index is -4.73. The van der Waals surface area contributed by atoms with Crippen LogP contribution in [-0.2, 0) is 0 Å². The molecule has 0 fully saturated rings. The van der Waals surface area contributed by atoms with Crippen LogP contribution in [0.2, 0.25) is 5.15 Å². The van der Waals surface area contributed by atoms with Crippen LogP contribution in [0.25, 0.3) is 0 Å². The minimum absolute atomic E-state index is 0.149. The number of halogens is 5. The molecule has 1 heterocycles. The van der Waals surface area contributed by atoms with Crippen molar-refractivity contribution in [2.45, 2.75) is 6.36 Å². The highest BCUT2D eigenvalue weighted by Gasteiger charge is 2.31. The Hall–Kier alpha value is -0.640. The van der Waals surface area contributed by atoms with Crippen LogP contribution in [0.4, 0.5) is 18.9 Å². The molecule has 3 nitrogen and oxygen atoms in total. The van der Waals surface area contributed by atoms with Gasteiger partial charge in [0.25, 0.3) is 0 Å². The predicted octanol–water partition coefficient (Wildman–Crippen LogP) is 4.75. The highest BCUT2D eigenvalue weighted by molar-refractivity contribution is 9.10. The molecule has 0 aliphatic heterocycles. The maximum absolute atomic E-state index is 12.1. The van der Waals surface area contributed by atoms with Gasteiger partial charge in [0.15, 0.2) is 9.82 Å². The van der Waals surface area contributed by atoms with E-state index in [1.807, 2.05) is 0 Å². The summed E-state index contributed by atoms with van der Waals surface area (Å²) < 4.78 is 44.6. The Balaban J connectivity index is 2.32. The van der Waals surface area contributed by atoms with E-state index in [1.54, 1.807) is 0 Å². The van der Waals surface area contributed by atoms with E-state index in [1.165, 1.54) is 39.1 Å². The maximum Gasteiger partial charge on any atom is 0.573 e. The van der Waals surface area contributed by atoms with Crippen LogP contribution in [-0.4, -0.2) is 10.7 Å². The SMILES string of the molecule is FC(F)(F)Oc1ccc(N=c2ssnc2Cl)cc1Br. The van der Waals surface area contributed by atoms with Crippen molar-refractivity contribution in [1.29, 1.82) is 0 Å². The zero-order chi connectivity index (χ0) is 14.0. The number of rotatable bonds is 2. The average Bonchev–Trinajstić information content (AvgIpc) is 2.67. The molecule has 0 amide bonds. The smallest absolute Gasteiger partial charge is 0.405 e. The quantitative estimate of drug-likeness (QED) is 0.692. The molecule has 0 saturated heterocycles. The lowest BCUT2D eigenvalue weighted by Gasteiger charge is -2.10. The third kappa shape index (κ3) is 4.16. The number of hydrogen-bond donors (Lipinski definition) is 0. The number of benzene rings is 1. The molecule has 0 radical (unpaired) electrons. The average molecular weight is 392 g/mol. The molecule has 1 aromatic heterocycles. The molecule has 0 aliphatic carbocycles. The monoisotopic (exact) mass is 390 g/mol. The van der Waals surface area contributed by atoms with Crippen LogP contribution in [0.5, 0.6) is 5.75 Å². The molecule has 0 aliphatic rings. The molecule has 2 aromatic rings. The number of nitrogens with zero attached hydrogens (tertiary/aromatic N) is 2. The van der Waals surface area contributed by atoms with Crippen molar-refractivity contribution in [2.24, 2.45) is 4.99 Å². The second-order valence-corrected chi connectivity index (χ2v) is 6.16. The van der Waals surface area contributed by atoms with Gasteiger partial charge in [-0.15, -0.1) is 13.2 Å². The highest BCUT2D eigenvalue weighted by Crippen LogP contribution is 2.33. The van der Waals surface area contributed by atoms with Crippen LogP contribution in [0, 0.1) is 0 Å². The molecule has 0 unspecified atom stereocenters. The summed E-state index contributed by atoms with van der Waals surface area (Å²) in [6.45, 7) is 0. The van der Waals surface area contributed by atoms with Crippen molar-refractivity contribution in [2.75, 3.05) is 0 Å². The summed E-state index contributed by atoms with van der Waals surface area (Å²) in [5.41, 5.74) is 0.444. The Kier molecular flexibility index (Phi) is 4.49. The highest BCUT2D eigenvalue weighted by atomic mass is 79.9. The van der Waals surface area contributed by atoms with Gasteiger partial charge in [0, 0.05) is 10.5 Å². The molecular weight excluding hydrogens is 389 g/mol. The van der Waals surface area contributed by atoms with E-state index in [9.17, 15) is 13.2 Å². The molecule has 1 aromatic carbocycles. The first-order valence-electron chi connectivity index (χ1n) is 4.57. The number of ether oxygens (including phenoxy) is 1. The molecule has 2 rings (SSSR count). The van der Waals surface area contributed by atoms with Crippen LogP contribution < -0.4 is 9.41 Å².